The quantitative estimate of drug-likeness (QED) is 0.678. The lowest BCUT2D eigenvalue weighted by Gasteiger charge is -2.25. The Labute approximate surface area is 150 Å². The third kappa shape index (κ3) is 2.26. The molecule has 3 aromatic rings. The van der Waals surface area contributed by atoms with Crippen molar-refractivity contribution in [2.45, 2.75) is 51.4 Å². The predicted octanol–water partition coefficient (Wildman–Crippen LogP) is 3.10. The molecule has 0 saturated carbocycles. The van der Waals surface area contributed by atoms with Gasteiger partial charge in [-0.2, -0.15) is 0 Å². The van der Waals surface area contributed by atoms with E-state index < -0.39 is 11.4 Å². The van der Waals surface area contributed by atoms with Gasteiger partial charge >= 0.3 is 11.4 Å². The molecule has 5 heteroatoms. The normalized spacial score (nSPS) is 16.3. The van der Waals surface area contributed by atoms with Crippen LogP contribution >= 0.6 is 0 Å². The van der Waals surface area contributed by atoms with E-state index in [1.165, 1.54) is 0 Å². The third-order valence-electron chi connectivity index (χ3n) is 5.68. The van der Waals surface area contributed by atoms with E-state index in [0.29, 0.717) is 12.0 Å². The number of pyridine rings is 1. The van der Waals surface area contributed by atoms with Gasteiger partial charge in [-0.25, -0.2) is 14.2 Å². The van der Waals surface area contributed by atoms with Crippen LogP contribution in [0, 0.1) is 0 Å². The molecule has 0 amide bonds. The van der Waals surface area contributed by atoms with Crippen molar-refractivity contribution in [1.82, 2.24) is 9.55 Å². The number of nitrogens with zero attached hydrogens (tertiary/aromatic N) is 2. The first-order valence-corrected chi connectivity index (χ1v) is 9.43. The van der Waals surface area contributed by atoms with E-state index in [-0.39, 0.29) is 0 Å². The largest absolute Gasteiger partial charge is 0.426 e. The van der Waals surface area contributed by atoms with Crippen molar-refractivity contribution in [3.05, 3.63) is 67.8 Å². The highest BCUT2D eigenvalue weighted by Crippen LogP contribution is 2.33. The molecule has 5 rings (SSSR count). The van der Waals surface area contributed by atoms with Crippen LogP contribution in [0.15, 0.2) is 38.3 Å². The molecule has 0 N–H and O–H groups in total. The summed E-state index contributed by atoms with van der Waals surface area (Å²) in [6.45, 7) is 0. The summed E-state index contributed by atoms with van der Waals surface area (Å²) in [7, 11) is 0. The molecule has 0 atom stereocenters. The second-order valence-electron chi connectivity index (χ2n) is 7.23. The second kappa shape index (κ2) is 5.94. The van der Waals surface area contributed by atoms with Crippen LogP contribution in [-0.4, -0.2) is 9.55 Å². The average molecular weight is 348 g/mol. The van der Waals surface area contributed by atoms with E-state index in [4.69, 9.17) is 9.40 Å². The summed E-state index contributed by atoms with van der Waals surface area (Å²) in [6.07, 6.45) is 7.42. The van der Waals surface area contributed by atoms with E-state index >= 15 is 0 Å². The Morgan fingerprint density at radius 2 is 1.62 bits per heavy atom. The number of hydrogen-bond acceptors (Lipinski definition) is 4. The summed E-state index contributed by atoms with van der Waals surface area (Å²) in [4.78, 5) is 29.9. The Hall–Kier alpha value is -2.69. The molecular formula is C21H20N2O3. The standard InChI is InChI=1S/C21H20N2O3/c24-20-15-9-3-6-12-18(15)23(21(25)26-20)19-13-7-1-4-10-16(13)22-17-11-5-2-8-14(17)19/h1,4,7,10H,2-3,5-6,8-9,11-12H2. The zero-order chi connectivity index (χ0) is 17.7. The fraction of sp³-hybridized carbons (Fsp3) is 0.381. The summed E-state index contributed by atoms with van der Waals surface area (Å²) in [5, 5.41) is 0.955. The van der Waals surface area contributed by atoms with E-state index in [1.807, 2.05) is 24.3 Å². The lowest BCUT2D eigenvalue weighted by atomic mass is 9.91. The number of para-hydroxylation sites is 1. The zero-order valence-electron chi connectivity index (χ0n) is 14.6. The highest BCUT2D eigenvalue weighted by molar-refractivity contribution is 5.89. The number of benzene rings is 1. The number of fused-ring (bicyclic) bond motifs is 3. The van der Waals surface area contributed by atoms with Gasteiger partial charge in [0.15, 0.2) is 0 Å². The number of hydrogen-bond donors (Lipinski definition) is 0. The van der Waals surface area contributed by atoms with Crippen molar-refractivity contribution in [2.24, 2.45) is 0 Å². The minimum absolute atomic E-state index is 0.465. The molecule has 0 radical (unpaired) electrons. The first-order chi connectivity index (χ1) is 12.7. The Kier molecular flexibility index (Phi) is 3.55. The van der Waals surface area contributed by atoms with Gasteiger partial charge in [-0.05, 0) is 63.0 Å². The molecule has 2 aliphatic rings. The van der Waals surface area contributed by atoms with Crippen LogP contribution < -0.4 is 11.4 Å². The highest BCUT2D eigenvalue weighted by atomic mass is 16.4. The third-order valence-corrected chi connectivity index (χ3v) is 5.68. The second-order valence-corrected chi connectivity index (χ2v) is 7.23. The van der Waals surface area contributed by atoms with Crippen molar-refractivity contribution >= 4 is 10.9 Å². The summed E-state index contributed by atoms with van der Waals surface area (Å²) in [5.74, 6) is -0.570. The first-order valence-electron chi connectivity index (χ1n) is 9.43. The van der Waals surface area contributed by atoms with Crippen molar-refractivity contribution in [3.8, 4) is 5.69 Å². The minimum Gasteiger partial charge on any atom is -0.372 e. The number of aromatic nitrogens is 2. The molecule has 0 bridgehead atoms. The van der Waals surface area contributed by atoms with Gasteiger partial charge in [-0.3, -0.25) is 4.98 Å². The van der Waals surface area contributed by atoms with Gasteiger partial charge in [-0.1, -0.05) is 18.2 Å². The van der Waals surface area contributed by atoms with Crippen LogP contribution in [-0.2, 0) is 25.7 Å². The van der Waals surface area contributed by atoms with Gasteiger partial charge in [0.25, 0.3) is 0 Å². The fourth-order valence-corrected chi connectivity index (χ4v) is 4.48. The number of aryl methyl sites for hydroxylation is 1. The van der Waals surface area contributed by atoms with E-state index in [1.54, 1.807) is 4.57 Å². The summed E-state index contributed by atoms with van der Waals surface area (Å²) >= 11 is 0. The van der Waals surface area contributed by atoms with Gasteiger partial charge in [0.2, 0.25) is 0 Å². The predicted molar refractivity (Wildman–Crippen MR) is 99.2 cm³/mol. The summed E-state index contributed by atoms with van der Waals surface area (Å²) in [5.41, 5.74) is 5.03. The maximum atomic E-state index is 12.8. The van der Waals surface area contributed by atoms with Gasteiger partial charge in [0.1, 0.15) is 0 Å². The zero-order valence-corrected chi connectivity index (χ0v) is 14.6. The molecule has 0 unspecified atom stereocenters. The van der Waals surface area contributed by atoms with Crippen LogP contribution in [0.1, 0.15) is 48.2 Å². The van der Waals surface area contributed by atoms with E-state index in [0.717, 1.165) is 78.5 Å². The molecule has 0 aliphatic heterocycles. The van der Waals surface area contributed by atoms with Crippen LogP contribution in [0.4, 0.5) is 0 Å². The first kappa shape index (κ1) is 15.6. The molecule has 26 heavy (non-hydrogen) atoms. The molecule has 132 valence electrons. The Balaban J connectivity index is 1.94. The SMILES string of the molecule is O=c1oc(=O)n(-c2c3c(nc4ccccc24)CCCC3)c2c1CCCC2. The Bertz CT molecular complexity index is 1140. The average Bonchev–Trinajstić information content (AvgIpc) is 2.67. The van der Waals surface area contributed by atoms with E-state index in [2.05, 4.69) is 0 Å². The monoisotopic (exact) mass is 348 g/mol. The fourth-order valence-electron chi connectivity index (χ4n) is 4.48. The molecule has 2 aromatic heterocycles. The molecule has 5 nitrogen and oxygen atoms in total. The van der Waals surface area contributed by atoms with Crippen LogP contribution in [0.3, 0.4) is 0 Å². The molecule has 2 heterocycles. The highest BCUT2D eigenvalue weighted by Gasteiger charge is 2.26. The van der Waals surface area contributed by atoms with Crippen molar-refractivity contribution < 1.29 is 4.42 Å². The number of rotatable bonds is 1. The van der Waals surface area contributed by atoms with Crippen molar-refractivity contribution in [3.63, 3.8) is 0 Å². The lowest BCUT2D eigenvalue weighted by Crippen LogP contribution is -2.32. The van der Waals surface area contributed by atoms with Gasteiger partial charge in [0, 0.05) is 16.8 Å². The van der Waals surface area contributed by atoms with Crippen LogP contribution in [0.5, 0.6) is 0 Å². The van der Waals surface area contributed by atoms with Gasteiger partial charge in [-0.15, -0.1) is 0 Å². The molecular weight excluding hydrogens is 328 g/mol. The smallest absolute Gasteiger partial charge is 0.372 e. The molecule has 0 spiro atoms. The van der Waals surface area contributed by atoms with Crippen molar-refractivity contribution in [2.75, 3.05) is 0 Å². The van der Waals surface area contributed by atoms with Gasteiger partial charge < -0.3 is 4.42 Å². The lowest BCUT2D eigenvalue weighted by molar-refractivity contribution is 0.406. The minimum atomic E-state index is -0.570. The Morgan fingerprint density at radius 1 is 0.885 bits per heavy atom. The topological polar surface area (TPSA) is 65.1 Å². The molecule has 1 aromatic carbocycles. The molecule has 0 fully saturated rings. The molecule has 2 aliphatic carbocycles. The molecule has 0 saturated heterocycles. The Morgan fingerprint density at radius 3 is 2.50 bits per heavy atom. The van der Waals surface area contributed by atoms with Crippen molar-refractivity contribution in [1.29, 1.82) is 0 Å². The maximum Gasteiger partial charge on any atom is 0.426 e. The maximum absolute atomic E-state index is 12.8. The van der Waals surface area contributed by atoms with E-state index in [9.17, 15) is 9.59 Å². The van der Waals surface area contributed by atoms with Gasteiger partial charge in [0.05, 0.1) is 16.8 Å². The van der Waals surface area contributed by atoms with Crippen LogP contribution in [0.25, 0.3) is 16.6 Å². The van der Waals surface area contributed by atoms with Crippen LogP contribution in [0.2, 0.25) is 0 Å². The summed E-state index contributed by atoms with van der Waals surface area (Å²) in [6, 6.07) is 7.95. The summed E-state index contributed by atoms with van der Waals surface area (Å²) < 4.78 is 6.82.